The van der Waals surface area contributed by atoms with Crippen LogP contribution < -0.4 is 0 Å². The maximum Gasteiger partial charge on any atom is 0.226 e. The summed E-state index contributed by atoms with van der Waals surface area (Å²) in [5, 5.41) is 3.78. The van der Waals surface area contributed by atoms with Gasteiger partial charge in [-0.2, -0.15) is 4.98 Å². The Bertz CT molecular complexity index is 476. The van der Waals surface area contributed by atoms with Gasteiger partial charge in [0, 0.05) is 24.9 Å². The molecule has 2 aliphatic carbocycles. The zero-order valence-corrected chi connectivity index (χ0v) is 12.9. The number of aryl methyl sites for hydroxylation is 2. The van der Waals surface area contributed by atoms with Crippen LogP contribution in [0, 0.1) is 6.92 Å². The summed E-state index contributed by atoms with van der Waals surface area (Å²) < 4.78 is 5.10. The molecule has 21 heavy (non-hydrogen) atoms. The Morgan fingerprint density at radius 3 is 2.52 bits per heavy atom. The molecule has 116 valence electrons. The van der Waals surface area contributed by atoms with Gasteiger partial charge in [0.15, 0.2) is 5.82 Å². The van der Waals surface area contributed by atoms with Crippen molar-refractivity contribution in [2.45, 2.75) is 83.2 Å². The lowest BCUT2D eigenvalue weighted by Crippen LogP contribution is -2.43. The number of aromatic nitrogens is 2. The maximum atomic E-state index is 12.6. The van der Waals surface area contributed by atoms with Gasteiger partial charge in [-0.1, -0.05) is 24.4 Å². The lowest BCUT2D eigenvalue weighted by atomic mass is 9.93. The van der Waals surface area contributed by atoms with Crippen molar-refractivity contribution in [3.63, 3.8) is 0 Å². The molecule has 5 heteroatoms. The minimum atomic E-state index is 0.334. The fourth-order valence-electron chi connectivity index (χ4n) is 3.38. The number of hydrogen-bond acceptors (Lipinski definition) is 4. The van der Waals surface area contributed by atoms with Gasteiger partial charge >= 0.3 is 0 Å². The van der Waals surface area contributed by atoms with E-state index in [-0.39, 0.29) is 0 Å². The van der Waals surface area contributed by atoms with Crippen LogP contribution >= 0.6 is 0 Å². The largest absolute Gasteiger partial charge is 0.339 e. The van der Waals surface area contributed by atoms with E-state index >= 15 is 0 Å². The van der Waals surface area contributed by atoms with Crippen molar-refractivity contribution in [3.05, 3.63) is 11.7 Å². The third-order valence-electron chi connectivity index (χ3n) is 4.55. The summed E-state index contributed by atoms with van der Waals surface area (Å²) in [4.78, 5) is 19.0. The highest BCUT2D eigenvalue weighted by Gasteiger charge is 2.37. The molecule has 0 radical (unpaired) electrons. The first-order valence-electron chi connectivity index (χ1n) is 8.34. The quantitative estimate of drug-likeness (QED) is 0.808. The number of hydrogen-bond donors (Lipinski definition) is 0. The van der Waals surface area contributed by atoms with E-state index in [1.165, 1.54) is 44.9 Å². The summed E-state index contributed by atoms with van der Waals surface area (Å²) in [7, 11) is 0. The Kier molecular flexibility index (Phi) is 4.56. The van der Waals surface area contributed by atoms with Crippen LogP contribution in [0.4, 0.5) is 0 Å². The predicted octanol–water partition coefficient (Wildman–Crippen LogP) is 3.02. The van der Waals surface area contributed by atoms with Gasteiger partial charge in [0.2, 0.25) is 11.8 Å². The third kappa shape index (κ3) is 3.83. The average Bonchev–Trinajstić information content (AvgIpc) is 3.23. The molecule has 2 saturated carbocycles. The number of nitrogens with zero attached hydrogens (tertiary/aromatic N) is 3. The summed E-state index contributed by atoms with van der Waals surface area (Å²) in [6, 6.07) is 1.04. The Labute approximate surface area is 126 Å². The SMILES string of the molecule is Cc1noc(CCCC(=O)N(C2CCCCC2)C2CC2)n1. The molecule has 0 N–H and O–H groups in total. The van der Waals surface area contributed by atoms with Crippen LogP contribution in [-0.4, -0.2) is 33.0 Å². The molecule has 1 heterocycles. The van der Waals surface area contributed by atoms with Gasteiger partial charge in [0.1, 0.15) is 0 Å². The number of amides is 1. The molecule has 1 aromatic rings. The van der Waals surface area contributed by atoms with Crippen molar-refractivity contribution in [2.75, 3.05) is 0 Å². The highest BCUT2D eigenvalue weighted by molar-refractivity contribution is 5.77. The first-order chi connectivity index (χ1) is 10.2. The van der Waals surface area contributed by atoms with E-state index in [0.29, 0.717) is 42.5 Å². The number of carbonyl (C=O) groups is 1. The fourth-order valence-corrected chi connectivity index (χ4v) is 3.38. The summed E-state index contributed by atoms with van der Waals surface area (Å²) in [5.41, 5.74) is 0. The van der Waals surface area contributed by atoms with Crippen LogP contribution in [0.1, 0.15) is 69.5 Å². The minimum absolute atomic E-state index is 0.334. The third-order valence-corrected chi connectivity index (χ3v) is 4.55. The molecule has 2 fully saturated rings. The van der Waals surface area contributed by atoms with Gasteiger partial charge in [-0.05, 0) is 39.0 Å². The molecule has 0 aromatic carbocycles. The first-order valence-corrected chi connectivity index (χ1v) is 8.34. The highest BCUT2D eigenvalue weighted by Crippen LogP contribution is 2.34. The Balaban J connectivity index is 1.49. The molecule has 0 unspecified atom stereocenters. The zero-order chi connectivity index (χ0) is 14.7. The summed E-state index contributed by atoms with van der Waals surface area (Å²) in [5.74, 6) is 1.65. The second-order valence-corrected chi connectivity index (χ2v) is 6.41. The molecule has 1 aromatic heterocycles. The van der Waals surface area contributed by atoms with Gasteiger partial charge in [0.05, 0.1) is 0 Å². The van der Waals surface area contributed by atoms with Crippen molar-refractivity contribution < 1.29 is 9.32 Å². The fraction of sp³-hybridized carbons (Fsp3) is 0.812. The summed E-state index contributed by atoms with van der Waals surface area (Å²) in [6.07, 6.45) is 10.8. The monoisotopic (exact) mass is 291 g/mol. The lowest BCUT2D eigenvalue weighted by molar-refractivity contribution is -0.135. The van der Waals surface area contributed by atoms with Crippen molar-refractivity contribution in [1.29, 1.82) is 0 Å². The van der Waals surface area contributed by atoms with Crippen molar-refractivity contribution >= 4 is 5.91 Å². The van der Waals surface area contributed by atoms with E-state index in [1.54, 1.807) is 0 Å². The van der Waals surface area contributed by atoms with Crippen LogP contribution in [0.15, 0.2) is 4.52 Å². The smallest absolute Gasteiger partial charge is 0.226 e. The van der Waals surface area contributed by atoms with E-state index in [0.717, 1.165) is 6.42 Å². The molecule has 0 saturated heterocycles. The standard InChI is InChI=1S/C16H25N3O2/c1-12-17-15(21-18-12)8-5-9-16(20)19(14-10-11-14)13-6-3-2-4-7-13/h13-14H,2-11H2,1H3. The number of rotatable bonds is 6. The van der Waals surface area contributed by atoms with Gasteiger partial charge in [-0.25, -0.2) is 0 Å². The maximum absolute atomic E-state index is 12.6. The molecule has 0 bridgehead atoms. The van der Waals surface area contributed by atoms with Crippen LogP contribution in [-0.2, 0) is 11.2 Å². The van der Waals surface area contributed by atoms with E-state index in [4.69, 9.17) is 4.52 Å². The molecule has 0 spiro atoms. The van der Waals surface area contributed by atoms with Crippen molar-refractivity contribution in [2.24, 2.45) is 0 Å². The van der Waals surface area contributed by atoms with Crippen LogP contribution in [0.5, 0.6) is 0 Å². The average molecular weight is 291 g/mol. The molecule has 2 aliphatic rings. The predicted molar refractivity (Wildman–Crippen MR) is 78.7 cm³/mol. The molecule has 5 nitrogen and oxygen atoms in total. The molecule has 0 atom stereocenters. The number of carbonyl (C=O) groups excluding carboxylic acids is 1. The summed E-state index contributed by atoms with van der Waals surface area (Å²) >= 11 is 0. The molecular weight excluding hydrogens is 266 g/mol. The van der Waals surface area contributed by atoms with Crippen molar-refractivity contribution in [1.82, 2.24) is 15.0 Å². The lowest BCUT2D eigenvalue weighted by Gasteiger charge is -2.34. The van der Waals surface area contributed by atoms with E-state index in [2.05, 4.69) is 15.0 Å². The second-order valence-electron chi connectivity index (χ2n) is 6.41. The van der Waals surface area contributed by atoms with Gasteiger partial charge in [-0.3, -0.25) is 4.79 Å². The zero-order valence-electron chi connectivity index (χ0n) is 12.9. The molecule has 1 amide bonds. The normalized spacial score (nSPS) is 19.7. The molecule has 0 aliphatic heterocycles. The van der Waals surface area contributed by atoms with Gasteiger partial charge in [-0.15, -0.1) is 0 Å². The minimum Gasteiger partial charge on any atom is -0.339 e. The Morgan fingerprint density at radius 1 is 1.19 bits per heavy atom. The van der Waals surface area contributed by atoms with Crippen LogP contribution in [0.2, 0.25) is 0 Å². The van der Waals surface area contributed by atoms with Gasteiger partial charge < -0.3 is 9.42 Å². The van der Waals surface area contributed by atoms with Gasteiger partial charge in [0.25, 0.3) is 0 Å². The van der Waals surface area contributed by atoms with E-state index in [9.17, 15) is 4.79 Å². The van der Waals surface area contributed by atoms with E-state index in [1.807, 2.05) is 6.92 Å². The summed E-state index contributed by atoms with van der Waals surface area (Å²) in [6.45, 7) is 1.82. The topological polar surface area (TPSA) is 59.2 Å². The first kappa shape index (κ1) is 14.5. The highest BCUT2D eigenvalue weighted by atomic mass is 16.5. The van der Waals surface area contributed by atoms with E-state index < -0.39 is 0 Å². The molecular formula is C16H25N3O2. The van der Waals surface area contributed by atoms with Crippen molar-refractivity contribution in [3.8, 4) is 0 Å². The second kappa shape index (κ2) is 6.58. The molecule has 3 rings (SSSR count). The van der Waals surface area contributed by atoms with Crippen LogP contribution in [0.3, 0.4) is 0 Å². The Hall–Kier alpha value is -1.39. The van der Waals surface area contributed by atoms with Crippen LogP contribution in [0.25, 0.3) is 0 Å². The Morgan fingerprint density at radius 2 is 1.90 bits per heavy atom.